The van der Waals surface area contributed by atoms with Crippen LogP contribution in [0, 0.1) is 0 Å². The SMILES string of the molecule is CC1COC(Cc2ccccc2)CN1S(=O)(=O)c1ccc2c(c1)CC(=O)N2. The van der Waals surface area contributed by atoms with Gasteiger partial charge < -0.3 is 10.1 Å². The summed E-state index contributed by atoms with van der Waals surface area (Å²) in [5.74, 6) is -0.109. The number of anilines is 1. The summed E-state index contributed by atoms with van der Waals surface area (Å²) in [6, 6.07) is 14.5. The minimum Gasteiger partial charge on any atom is -0.375 e. The fourth-order valence-corrected chi connectivity index (χ4v) is 5.33. The predicted molar refractivity (Wildman–Crippen MR) is 102 cm³/mol. The highest BCUT2D eigenvalue weighted by Gasteiger charge is 2.36. The molecule has 0 bridgehead atoms. The van der Waals surface area contributed by atoms with Crippen molar-refractivity contribution in [2.24, 2.45) is 0 Å². The van der Waals surface area contributed by atoms with Gasteiger partial charge in [-0.2, -0.15) is 4.31 Å². The molecule has 0 aliphatic carbocycles. The zero-order valence-electron chi connectivity index (χ0n) is 15.1. The molecule has 4 rings (SSSR count). The number of sulfonamides is 1. The molecule has 1 N–H and O–H groups in total. The zero-order valence-corrected chi connectivity index (χ0v) is 15.9. The minimum atomic E-state index is -3.66. The molecule has 1 saturated heterocycles. The van der Waals surface area contributed by atoms with E-state index in [1.165, 1.54) is 4.31 Å². The van der Waals surface area contributed by atoms with Crippen LogP contribution in [0.15, 0.2) is 53.4 Å². The van der Waals surface area contributed by atoms with Crippen LogP contribution in [0.3, 0.4) is 0 Å². The first-order chi connectivity index (χ1) is 12.9. The summed E-state index contributed by atoms with van der Waals surface area (Å²) < 4.78 is 33.9. The van der Waals surface area contributed by atoms with Crippen LogP contribution >= 0.6 is 0 Å². The van der Waals surface area contributed by atoms with Gasteiger partial charge in [-0.1, -0.05) is 30.3 Å². The van der Waals surface area contributed by atoms with Crippen molar-refractivity contribution < 1.29 is 17.9 Å². The van der Waals surface area contributed by atoms with Gasteiger partial charge in [-0.25, -0.2) is 8.42 Å². The maximum atomic E-state index is 13.2. The van der Waals surface area contributed by atoms with E-state index in [4.69, 9.17) is 4.74 Å². The van der Waals surface area contributed by atoms with Gasteiger partial charge in [-0.3, -0.25) is 4.79 Å². The second-order valence-electron chi connectivity index (χ2n) is 7.11. The van der Waals surface area contributed by atoms with Gasteiger partial charge in [0.2, 0.25) is 15.9 Å². The molecule has 1 amide bonds. The summed E-state index contributed by atoms with van der Waals surface area (Å²) >= 11 is 0. The first kappa shape index (κ1) is 18.2. The highest BCUT2D eigenvalue weighted by atomic mass is 32.2. The molecule has 2 aliphatic heterocycles. The van der Waals surface area contributed by atoms with Gasteiger partial charge in [0.15, 0.2) is 0 Å². The third-order valence-corrected chi connectivity index (χ3v) is 7.04. The smallest absolute Gasteiger partial charge is 0.243 e. The fraction of sp³-hybridized carbons (Fsp3) is 0.350. The third-order valence-electron chi connectivity index (χ3n) is 5.06. The number of hydrogen-bond acceptors (Lipinski definition) is 4. The van der Waals surface area contributed by atoms with Crippen LogP contribution in [0.4, 0.5) is 5.69 Å². The number of morpholine rings is 1. The van der Waals surface area contributed by atoms with Crippen molar-refractivity contribution in [2.45, 2.75) is 36.8 Å². The second kappa shape index (κ2) is 7.07. The first-order valence-corrected chi connectivity index (χ1v) is 10.5. The van der Waals surface area contributed by atoms with Crippen molar-refractivity contribution in [1.82, 2.24) is 4.31 Å². The number of amides is 1. The molecule has 0 aromatic heterocycles. The topological polar surface area (TPSA) is 75.7 Å². The summed E-state index contributed by atoms with van der Waals surface area (Å²) in [5.41, 5.74) is 2.54. The Morgan fingerprint density at radius 1 is 1.19 bits per heavy atom. The summed E-state index contributed by atoms with van der Waals surface area (Å²) in [4.78, 5) is 11.8. The Morgan fingerprint density at radius 2 is 1.96 bits per heavy atom. The molecule has 7 heteroatoms. The molecule has 1 fully saturated rings. The number of nitrogens with zero attached hydrogens (tertiary/aromatic N) is 1. The van der Waals surface area contributed by atoms with E-state index in [1.807, 2.05) is 37.3 Å². The monoisotopic (exact) mass is 386 g/mol. The van der Waals surface area contributed by atoms with Gasteiger partial charge in [0.25, 0.3) is 0 Å². The number of hydrogen-bond donors (Lipinski definition) is 1. The molecule has 0 radical (unpaired) electrons. The Morgan fingerprint density at radius 3 is 2.74 bits per heavy atom. The Hall–Kier alpha value is -2.22. The molecule has 142 valence electrons. The maximum Gasteiger partial charge on any atom is 0.243 e. The molecule has 2 aliphatic rings. The fourth-order valence-electron chi connectivity index (χ4n) is 3.63. The Labute approximate surface area is 159 Å². The quantitative estimate of drug-likeness (QED) is 0.874. The molecule has 0 saturated carbocycles. The number of rotatable bonds is 4. The van der Waals surface area contributed by atoms with E-state index < -0.39 is 10.0 Å². The van der Waals surface area contributed by atoms with Crippen molar-refractivity contribution in [2.75, 3.05) is 18.5 Å². The lowest BCUT2D eigenvalue weighted by Crippen LogP contribution is -2.51. The van der Waals surface area contributed by atoms with Crippen LogP contribution in [0.25, 0.3) is 0 Å². The summed E-state index contributed by atoms with van der Waals surface area (Å²) in [7, 11) is -3.66. The van der Waals surface area contributed by atoms with E-state index in [0.29, 0.717) is 25.3 Å². The Kier molecular flexibility index (Phi) is 4.75. The van der Waals surface area contributed by atoms with Crippen LogP contribution in [0.1, 0.15) is 18.1 Å². The van der Waals surface area contributed by atoms with Crippen LogP contribution in [0.5, 0.6) is 0 Å². The average Bonchev–Trinajstić information content (AvgIpc) is 3.03. The average molecular weight is 386 g/mol. The normalized spacial score (nSPS) is 23.1. The third kappa shape index (κ3) is 3.63. The van der Waals surface area contributed by atoms with E-state index in [0.717, 1.165) is 11.1 Å². The number of carbonyl (C=O) groups is 1. The van der Waals surface area contributed by atoms with E-state index >= 15 is 0 Å². The van der Waals surface area contributed by atoms with Crippen molar-refractivity contribution in [3.63, 3.8) is 0 Å². The largest absolute Gasteiger partial charge is 0.375 e. The number of benzene rings is 2. The molecule has 2 heterocycles. The predicted octanol–water partition coefficient (Wildman–Crippen LogP) is 2.20. The minimum absolute atomic E-state index is 0.109. The lowest BCUT2D eigenvalue weighted by molar-refractivity contribution is -0.115. The van der Waals surface area contributed by atoms with Crippen molar-refractivity contribution in [3.05, 3.63) is 59.7 Å². The van der Waals surface area contributed by atoms with Crippen LogP contribution in [-0.4, -0.2) is 43.9 Å². The van der Waals surface area contributed by atoms with Gasteiger partial charge >= 0.3 is 0 Å². The highest BCUT2D eigenvalue weighted by molar-refractivity contribution is 7.89. The molecular weight excluding hydrogens is 364 g/mol. The molecule has 2 aromatic carbocycles. The van der Waals surface area contributed by atoms with E-state index in [1.54, 1.807) is 18.2 Å². The van der Waals surface area contributed by atoms with Crippen LogP contribution in [-0.2, 0) is 32.4 Å². The van der Waals surface area contributed by atoms with E-state index in [-0.39, 0.29) is 29.4 Å². The maximum absolute atomic E-state index is 13.2. The van der Waals surface area contributed by atoms with Gasteiger partial charge in [0.05, 0.1) is 24.0 Å². The number of carbonyl (C=O) groups excluding carboxylic acids is 1. The van der Waals surface area contributed by atoms with Gasteiger partial charge in [-0.15, -0.1) is 0 Å². The zero-order chi connectivity index (χ0) is 19.0. The molecule has 2 aromatic rings. The van der Waals surface area contributed by atoms with Crippen LogP contribution < -0.4 is 5.32 Å². The summed E-state index contributed by atoms with van der Waals surface area (Å²) in [6.45, 7) is 2.53. The highest BCUT2D eigenvalue weighted by Crippen LogP contribution is 2.29. The van der Waals surface area contributed by atoms with E-state index in [9.17, 15) is 13.2 Å². The van der Waals surface area contributed by atoms with Crippen molar-refractivity contribution in [1.29, 1.82) is 0 Å². The Balaban J connectivity index is 1.56. The number of ether oxygens (including phenoxy) is 1. The molecule has 27 heavy (non-hydrogen) atoms. The molecule has 0 spiro atoms. The first-order valence-electron chi connectivity index (χ1n) is 9.03. The lowest BCUT2D eigenvalue weighted by atomic mass is 10.1. The van der Waals surface area contributed by atoms with E-state index in [2.05, 4.69) is 5.32 Å². The molecule has 6 nitrogen and oxygen atoms in total. The summed E-state index contributed by atoms with van der Waals surface area (Å²) in [5, 5.41) is 2.73. The lowest BCUT2D eigenvalue weighted by Gasteiger charge is -2.37. The van der Waals surface area contributed by atoms with Gasteiger partial charge in [0.1, 0.15) is 0 Å². The molecule has 2 unspecified atom stereocenters. The second-order valence-corrected chi connectivity index (χ2v) is 9.00. The van der Waals surface area contributed by atoms with Gasteiger partial charge in [-0.05, 0) is 42.7 Å². The number of nitrogens with one attached hydrogen (secondary N) is 1. The number of fused-ring (bicyclic) bond motifs is 1. The van der Waals surface area contributed by atoms with Crippen LogP contribution in [0.2, 0.25) is 0 Å². The summed E-state index contributed by atoms with van der Waals surface area (Å²) in [6.07, 6.45) is 0.701. The molecule has 2 atom stereocenters. The standard InChI is InChI=1S/C20H22N2O4S/c1-14-13-26-17(9-15-5-3-2-4-6-15)12-22(14)27(24,25)18-7-8-19-16(10-18)11-20(23)21-19/h2-8,10,14,17H,9,11-13H2,1H3,(H,21,23). The van der Waals surface area contributed by atoms with Crippen molar-refractivity contribution >= 4 is 21.6 Å². The molecular formula is C20H22N2O4S. The van der Waals surface area contributed by atoms with Gasteiger partial charge in [0, 0.05) is 18.3 Å². The van der Waals surface area contributed by atoms with Crippen molar-refractivity contribution in [3.8, 4) is 0 Å². The Bertz CT molecular complexity index is 959.